The van der Waals surface area contributed by atoms with Crippen molar-refractivity contribution in [2.45, 2.75) is 24.7 Å². The first-order chi connectivity index (χ1) is 9.54. The zero-order chi connectivity index (χ0) is 14.6. The van der Waals surface area contributed by atoms with Gasteiger partial charge in [0.15, 0.2) is 0 Å². The Bertz CT molecular complexity index is 603. The predicted molar refractivity (Wildman–Crippen MR) is 77.6 cm³/mol. The lowest BCUT2D eigenvalue weighted by atomic mass is 10.0. The molecule has 1 aromatic carbocycles. The van der Waals surface area contributed by atoms with Crippen molar-refractivity contribution in [3.63, 3.8) is 0 Å². The van der Waals surface area contributed by atoms with Crippen LogP contribution in [0.2, 0.25) is 0 Å². The van der Waals surface area contributed by atoms with Gasteiger partial charge in [-0.15, -0.1) is 0 Å². The number of sulfonamides is 1. The summed E-state index contributed by atoms with van der Waals surface area (Å²) in [7, 11) is -3.39. The van der Waals surface area contributed by atoms with Crippen LogP contribution in [0, 0.1) is 17.8 Å². The molecule has 1 fully saturated rings. The molecule has 0 amide bonds. The second kappa shape index (κ2) is 6.40. The largest absolute Gasteiger partial charge is 0.384 e. The molecule has 0 radical (unpaired) electrons. The number of aliphatic hydroxyl groups is 1. The Kier molecular flexibility index (Phi) is 4.81. The molecular weight excluding hydrogens is 274 g/mol. The van der Waals surface area contributed by atoms with E-state index < -0.39 is 10.0 Å². The number of piperidine rings is 1. The molecule has 5 heteroatoms. The molecule has 2 rings (SSSR count). The van der Waals surface area contributed by atoms with Crippen molar-refractivity contribution in [2.24, 2.45) is 5.92 Å². The molecule has 1 aromatic rings. The molecule has 0 saturated carbocycles. The average molecular weight is 293 g/mol. The number of benzene rings is 1. The van der Waals surface area contributed by atoms with Crippen molar-refractivity contribution in [3.8, 4) is 11.8 Å². The van der Waals surface area contributed by atoms with Crippen LogP contribution < -0.4 is 0 Å². The maximum absolute atomic E-state index is 12.5. The van der Waals surface area contributed by atoms with Crippen molar-refractivity contribution < 1.29 is 13.5 Å². The van der Waals surface area contributed by atoms with Gasteiger partial charge in [-0.3, -0.25) is 0 Å². The van der Waals surface area contributed by atoms with Crippen LogP contribution in [-0.2, 0) is 10.0 Å². The standard InChI is InChI=1S/C15H19NO3S/c1-13-8-10-16(11-9-13)20(18,19)15-6-4-14(5-7-15)3-2-12-17/h4-7,13,17H,8-12H2,1H3. The molecule has 0 aromatic heterocycles. The molecular formula is C15H19NO3S. The van der Waals surface area contributed by atoms with Crippen molar-refractivity contribution in [1.29, 1.82) is 0 Å². The molecule has 1 N–H and O–H groups in total. The molecule has 0 bridgehead atoms. The zero-order valence-electron chi connectivity index (χ0n) is 11.5. The Morgan fingerprint density at radius 2 is 1.85 bits per heavy atom. The minimum absolute atomic E-state index is 0.202. The molecule has 1 aliphatic rings. The summed E-state index contributed by atoms with van der Waals surface area (Å²) in [5.74, 6) is 5.88. The minimum atomic E-state index is -3.39. The van der Waals surface area contributed by atoms with Crippen LogP contribution in [0.25, 0.3) is 0 Å². The fourth-order valence-corrected chi connectivity index (χ4v) is 3.70. The quantitative estimate of drug-likeness (QED) is 0.840. The average Bonchev–Trinajstić information content (AvgIpc) is 2.46. The van der Waals surface area contributed by atoms with Gasteiger partial charge in [-0.2, -0.15) is 4.31 Å². The van der Waals surface area contributed by atoms with Crippen LogP contribution in [0.4, 0.5) is 0 Å². The van der Waals surface area contributed by atoms with Gasteiger partial charge in [0.2, 0.25) is 10.0 Å². The van der Waals surface area contributed by atoms with Crippen LogP contribution in [-0.4, -0.2) is 37.5 Å². The third-order valence-corrected chi connectivity index (χ3v) is 5.46. The number of aliphatic hydroxyl groups excluding tert-OH is 1. The lowest BCUT2D eigenvalue weighted by molar-refractivity contribution is 0.288. The second-order valence-corrected chi connectivity index (χ2v) is 7.01. The Balaban J connectivity index is 2.17. The van der Waals surface area contributed by atoms with E-state index in [9.17, 15) is 8.42 Å². The smallest absolute Gasteiger partial charge is 0.243 e. The summed E-state index contributed by atoms with van der Waals surface area (Å²) in [5, 5.41) is 8.63. The van der Waals surface area contributed by atoms with Crippen LogP contribution in [0.15, 0.2) is 29.2 Å². The van der Waals surface area contributed by atoms with Gasteiger partial charge in [-0.25, -0.2) is 8.42 Å². The fraction of sp³-hybridized carbons (Fsp3) is 0.467. The summed E-state index contributed by atoms with van der Waals surface area (Å²) in [5.41, 5.74) is 0.699. The first-order valence-corrected chi connectivity index (χ1v) is 8.18. The first kappa shape index (κ1) is 15.0. The van der Waals surface area contributed by atoms with Gasteiger partial charge in [0.25, 0.3) is 0 Å². The maximum Gasteiger partial charge on any atom is 0.243 e. The summed E-state index contributed by atoms with van der Waals surface area (Å²) in [6.07, 6.45) is 1.83. The van der Waals surface area contributed by atoms with E-state index in [1.807, 2.05) is 0 Å². The van der Waals surface area contributed by atoms with E-state index in [4.69, 9.17) is 5.11 Å². The SMILES string of the molecule is CC1CCN(S(=O)(=O)c2ccc(C#CCO)cc2)CC1. The van der Waals surface area contributed by atoms with Crippen molar-refractivity contribution in [2.75, 3.05) is 19.7 Å². The van der Waals surface area contributed by atoms with Crippen LogP contribution in [0.1, 0.15) is 25.3 Å². The number of nitrogens with zero attached hydrogens (tertiary/aromatic N) is 1. The van der Waals surface area contributed by atoms with Gasteiger partial charge in [0, 0.05) is 18.7 Å². The monoisotopic (exact) mass is 293 g/mol. The molecule has 0 aliphatic carbocycles. The van der Waals surface area contributed by atoms with Gasteiger partial charge in [0.1, 0.15) is 6.61 Å². The maximum atomic E-state index is 12.5. The summed E-state index contributed by atoms with van der Waals surface area (Å²) >= 11 is 0. The minimum Gasteiger partial charge on any atom is -0.384 e. The van der Waals surface area contributed by atoms with E-state index in [1.165, 1.54) is 0 Å². The highest BCUT2D eigenvalue weighted by molar-refractivity contribution is 7.89. The van der Waals surface area contributed by atoms with E-state index in [0.29, 0.717) is 29.5 Å². The van der Waals surface area contributed by atoms with Crippen LogP contribution >= 0.6 is 0 Å². The fourth-order valence-electron chi connectivity index (χ4n) is 2.23. The van der Waals surface area contributed by atoms with Gasteiger partial charge in [-0.05, 0) is 43.0 Å². The number of hydrogen-bond acceptors (Lipinski definition) is 3. The lowest BCUT2D eigenvalue weighted by Crippen LogP contribution is -2.37. The van der Waals surface area contributed by atoms with Crippen LogP contribution in [0.5, 0.6) is 0 Å². The summed E-state index contributed by atoms with van der Waals surface area (Å²) in [6.45, 7) is 3.13. The van der Waals surface area contributed by atoms with Crippen molar-refractivity contribution in [1.82, 2.24) is 4.31 Å². The molecule has 1 heterocycles. The second-order valence-electron chi connectivity index (χ2n) is 5.07. The molecule has 0 spiro atoms. The molecule has 108 valence electrons. The van der Waals surface area contributed by atoms with Gasteiger partial charge >= 0.3 is 0 Å². The van der Waals surface area contributed by atoms with E-state index in [0.717, 1.165) is 12.8 Å². The Morgan fingerprint density at radius 1 is 1.25 bits per heavy atom. The van der Waals surface area contributed by atoms with Gasteiger partial charge in [0.05, 0.1) is 4.90 Å². The Morgan fingerprint density at radius 3 is 2.40 bits per heavy atom. The topological polar surface area (TPSA) is 57.6 Å². The van der Waals surface area contributed by atoms with Gasteiger partial charge in [-0.1, -0.05) is 18.8 Å². The van der Waals surface area contributed by atoms with E-state index in [1.54, 1.807) is 28.6 Å². The third kappa shape index (κ3) is 3.40. The third-order valence-electron chi connectivity index (χ3n) is 3.55. The van der Waals surface area contributed by atoms with Crippen molar-refractivity contribution in [3.05, 3.63) is 29.8 Å². The highest BCUT2D eigenvalue weighted by atomic mass is 32.2. The predicted octanol–water partition coefficient (Wildman–Crippen LogP) is 1.45. The zero-order valence-corrected chi connectivity index (χ0v) is 12.4. The molecule has 1 saturated heterocycles. The molecule has 0 unspecified atom stereocenters. The van der Waals surface area contributed by atoms with E-state index in [-0.39, 0.29) is 6.61 Å². The Hall–Kier alpha value is -1.35. The summed E-state index contributed by atoms with van der Waals surface area (Å²) < 4.78 is 26.5. The Labute approximate surface area is 120 Å². The number of rotatable bonds is 2. The molecule has 0 atom stereocenters. The van der Waals surface area contributed by atoms with Crippen molar-refractivity contribution >= 4 is 10.0 Å². The van der Waals surface area contributed by atoms with E-state index in [2.05, 4.69) is 18.8 Å². The normalized spacial score (nSPS) is 17.5. The first-order valence-electron chi connectivity index (χ1n) is 6.74. The van der Waals surface area contributed by atoms with E-state index >= 15 is 0 Å². The van der Waals surface area contributed by atoms with Crippen LogP contribution in [0.3, 0.4) is 0 Å². The summed E-state index contributed by atoms with van der Waals surface area (Å²) in [4.78, 5) is 0.307. The number of hydrogen-bond donors (Lipinski definition) is 1. The highest BCUT2D eigenvalue weighted by Gasteiger charge is 2.27. The van der Waals surface area contributed by atoms with Gasteiger partial charge < -0.3 is 5.11 Å². The highest BCUT2D eigenvalue weighted by Crippen LogP contribution is 2.23. The molecule has 20 heavy (non-hydrogen) atoms. The lowest BCUT2D eigenvalue weighted by Gasteiger charge is -2.29. The summed E-state index contributed by atoms with van der Waals surface area (Å²) in [6, 6.07) is 6.49. The molecule has 4 nitrogen and oxygen atoms in total. The molecule has 1 aliphatic heterocycles.